The molecule has 1 aliphatic carbocycles. The fraction of sp³-hybridized carbons (Fsp3) is 0.500. The van der Waals surface area contributed by atoms with Gasteiger partial charge in [0, 0.05) is 12.5 Å². The maximum Gasteiger partial charge on any atom is 0.226 e. The number of hydrogen-bond acceptors (Lipinski definition) is 3. The summed E-state index contributed by atoms with van der Waals surface area (Å²) >= 11 is 0. The van der Waals surface area contributed by atoms with Crippen LogP contribution in [0, 0.1) is 5.92 Å². The second-order valence-corrected chi connectivity index (χ2v) is 5.94. The Balaban J connectivity index is 1.76. The molecule has 5 heteroatoms. The summed E-state index contributed by atoms with van der Waals surface area (Å²) in [6.07, 6.45) is 4.38. The zero-order valence-electron chi connectivity index (χ0n) is 12.0. The number of benzene rings is 1. The molecule has 5 nitrogen and oxygen atoms in total. The summed E-state index contributed by atoms with van der Waals surface area (Å²) in [5.41, 5.74) is 8.31. The number of hydrogen-bond donors (Lipinski definition) is 2. The minimum atomic E-state index is -0.250. The summed E-state index contributed by atoms with van der Waals surface area (Å²) < 4.78 is 0. The molecule has 0 spiro atoms. The van der Waals surface area contributed by atoms with E-state index in [-0.39, 0.29) is 23.7 Å². The van der Waals surface area contributed by atoms with Gasteiger partial charge in [0.2, 0.25) is 5.91 Å². The van der Waals surface area contributed by atoms with Gasteiger partial charge in [-0.05, 0) is 43.2 Å². The Labute approximate surface area is 124 Å². The molecule has 1 aliphatic heterocycles. The fourth-order valence-electron chi connectivity index (χ4n) is 3.54. The van der Waals surface area contributed by atoms with Gasteiger partial charge in [-0.3, -0.25) is 4.79 Å². The van der Waals surface area contributed by atoms with Crippen molar-refractivity contribution in [2.75, 3.05) is 6.54 Å². The van der Waals surface area contributed by atoms with Crippen LogP contribution in [0.3, 0.4) is 0 Å². The quantitative estimate of drug-likeness (QED) is 0.375. The Kier molecular flexibility index (Phi) is 3.82. The molecule has 0 radical (unpaired) electrons. The van der Waals surface area contributed by atoms with Crippen LogP contribution < -0.4 is 5.73 Å². The van der Waals surface area contributed by atoms with Gasteiger partial charge in [-0.15, -0.1) is 0 Å². The molecule has 0 saturated carbocycles. The fourth-order valence-corrected chi connectivity index (χ4v) is 3.54. The van der Waals surface area contributed by atoms with Crippen molar-refractivity contribution in [1.29, 1.82) is 0 Å². The van der Waals surface area contributed by atoms with Crippen LogP contribution in [0.4, 0.5) is 0 Å². The zero-order chi connectivity index (χ0) is 14.8. The molecular formula is C16H21N3O2. The molecule has 3 N–H and O–H groups in total. The second kappa shape index (κ2) is 5.76. The molecule has 1 unspecified atom stereocenters. The summed E-state index contributed by atoms with van der Waals surface area (Å²) in [5, 5.41) is 12.0. The predicted octanol–water partition coefficient (Wildman–Crippen LogP) is 1.53. The molecule has 1 aromatic carbocycles. The molecule has 3 rings (SSSR count). The van der Waals surface area contributed by atoms with Crippen LogP contribution in [0.25, 0.3) is 0 Å². The lowest BCUT2D eigenvalue weighted by Gasteiger charge is -2.36. The van der Waals surface area contributed by atoms with Crippen LogP contribution in [0.1, 0.15) is 30.4 Å². The molecule has 1 amide bonds. The lowest BCUT2D eigenvalue weighted by atomic mass is 9.97. The van der Waals surface area contributed by atoms with Crippen molar-refractivity contribution in [3.05, 3.63) is 35.4 Å². The number of likely N-dealkylation sites (tertiary alicyclic amines) is 1. The van der Waals surface area contributed by atoms with Crippen molar-refractivity contribution in [2.45, 2.75) is 38.1 Å². The number of amidine groups is 1. The van der Waals surface area contributed by atoms with Crippen LogP contribution in [-0.2, 0) is 17.6 Å². The van der Waals surface area contributed by atoms with Crippen molar-refractivity contribution in [2.24, 2.45) is 16.8 Å². The molecule has 21 heavy (non-hydrogen) atoms. The molecule has 2 aliphatic rings. The molecular weight excluding hydrogens is 266 g/mol. The normalized spacial score (nSPS) is 23.1. The third-order valence-electron chi connectivity index (χ3n) is 4.64. The molecule has 0 bridgehead atoms. The summed E-state index contributed by atoms with van der Waals surface area (Å²) in [5.74, 6) is 0.288. The van der Waals surface area contributed by atoms with E-state index in [9.17, 15) is 4.79 Å². The van der Waals surface area contributed by atoms with Crippen molar-refractivity contribution in [1.82, 2.24) is 4.90 Å². The van der Waals surface area contributed by atoms with Gasteiger partial charge < -0.3 is 15.8 Å². The van der Waals surface area contributed by atoms with Crippen molar-refractivity contribution >= 4 is 11.7 Å². The summed E-state index contributed by atoms with van der Waals surface area (Å²) in [4.78, 5) is 14.6. The third-order valence-corrected chi connectivity index (χ3v) is 4.64. The van der Waals surface area contributed by atoms with Crippen molar-refractivity contribution < 1.29 is 10.0 Å². The van der Waals surface area contributed by atoms with Gasteiger partial charge in [0.05, 0.1) is 6.04 Å². The SMILES string of the molecule is N/C(=N/O)C1CCCCN1C(=O)C1Cc2ccccc2C1. The summed E-state index contributed by atoms with van der Waals surface area (Å²) in [6.45, 7) is 0.701. The number of nitrogens with zero attached hydrogens (tertiary/aromatic N) is 2. The maximum atomic E-state index is 12.8. The van der Waals surface area contributed by atoms with Gasteiger partial charge in [-0.2, -0.15) is 0 Å². The number of piperidine rings is 1. The first-order valence-corrected chi connectivity index (χ1v) is 7.55. The Morgan fingerprint density at radius 2 is 1.90 bits per heavy atom. The average molecular weight is 287 g/mol. The lowest BCUT2D eigenvalue weighted by molar-refractivity contribution is -0.137. The van der Waals surface area contributed by atoms with Crippen LogP contribution >= 0.6 is 0 Å². The van der Waals surface area contributed by atoms with Crippen LogP contribution in [0.15, 0.2) is 29.4 Å². The van der Waals surface area contributed by atoms with E-state index >= 15 is 0 Å². The smallest absolute Gasteiger partial charge is 0.226 e. The first kappa shape index (κ1) is 13.9. The number of rotatable bonds is 2. The molecule has 1 heterocycles. The predicted molar refractivity (Wildman–Crippen MR) is 80.1 cm³/mol. The molecule has 1 saturated heterocycles. The highest BCUT2D eigenvalue weighted by atomic mass is 16.4. The van der Waals surface area contributed by atoms with E-state index in [2.05, 4.69) is 17.3 Å². The Bertz CT molecular complexity index is 545. The van der Waals surface area contributed by atoms with E-state index in [1.165, 1.54) is 11.1 Å². The zero-order valence-corrected chi connectivity index (χ0v) is 12.0. The Morgan fingerprint density at radius 1 is 1.24 bits per heavy atom. The van der Waals surface area contributed by atoms with Gasteiger partial charge >= 0.3 is 0 Å². The van der Waals surface area contributed by atoms with Crippen molar-refractivity contribution in [3.63, 3.8) is 0 Å². The Morgan fingerprint density at radius 3 is 2.52 bits per heavy atom. The van der Waals surface area contributed by atoms with Gasteiger partial charge in [-0.25, -0.2) is 0 Å². The van der Waals surface area contributed by atoms with E-state index in [1.807, 2.05) is 17.0 Å². The Hall–Kier alpha value is -2.04. The average Bonchev–Trinajstić information content (AvgIpc) is 2.97. The number of carbonyl (C=O) groups excluding carboxylic acids is 1. The van der Waals surface area contributed by atoms with E-state index in [1.54, 1.807) is 0 Å². The number of fused-ring (bicyclic) bond motifs is 1. The standard InChI is InChI=1S/C16H21N3O2/c17-15(18-21)14-7-3-4-8-19(14)16(20)13-9-11-5-1-2-6-12(11)10-13/h1-2,5-6,13-14,21H,3-4,7-10H2,(H2,17,18). The molecule has 1 atom stereocenters. The van der Waals surface area contributed by atoms with Crippen LogP contribution in [0.2, 0.25) is 0 Å². The maximum absolute atomic E-state index is 12.8. The second-order valence-electron chi connectivity index (χ2n) is 5.94. The molecule has 1 fully saturated rings. The summed E-state index contributed by atoms with van der Waals surface area (Å²) in [7, 11) is 0. The van der Waals surface area contributed by atoms with Crippen LogP contribution in [-0.4, -0.2) is 34.4 Å². The molecule has 112 valence electrons. The lowest BCUT2D eigenvalue weighted by Crippen LogP contribution is -2.52. The van der Waals surface area contributed by atoms with E-state index < -0.39 is 0 Å². The van der Waals surface area contributed by atoms with Gasteiger partial charge in [0.15, 0.2) is 5.84 Å². The number of oxime groups is 1. The molecule has 1 aromatic rings. The number of nitrogens with two attached hydrogens (primary N) is 1. The van der Waals surface area contributed by atoms with Crippen LogP contribution in [0.5, 0.6) is 0 Å². The van der Waals surface area contributed by atoms with E-state index in [0.717, 1.165) is 32.1 Å². The first-order valence-electron chi connectivity index (χ1n) is 7.55. The van der Waals surface area contributed by atoms with E-state index in [4.69, 9.17) is 10.9 Å². The molecule has 0 aromatic heterocycles. The topological polar surface area (TPSA) is 78.9 Å². The summed E-state index contributed by atoms with van der Waals surface area (Å²) in [6, 6.07) is 7.98. The highest BCUT2D eigenvalue weighted by molar-refractivity contribution is 5.91. The van der Waals surface area contributed by atoms with Gasteiger partial charge in [0.25, 0.3) is 0 Å². The van der Waals surface area contributed by atoms with Gasteiger partial charge in [0.1, 0.15) is 0 Å². The monoisotopic (exact) mass is 287 g/mol. The largest absolute Gasteiger partial charge is 0.409 e. The third kappa shape index (κ3) is 2.60. The first-order chi connectivity index (χ1) is 10.2. The minimum absolute atomic E-state index is 0.00510. The highest BCUT2D eigenvalue weighted by Crippen LogP contribution is 2.30. The van der Waals surface area contributed by atoms with Gasteiger partial charge in [-0.1, -0.05) is 29.4 Å². The minimum Gasteiger partial charge on any atom is -0.409 e. The van der Waals surface area contributed by atoms with E-state index in [0.29, 0.717) is 6.54 Å². The number of amides is 1. The number of carbonyl (C=O) groups is 1. The van der Waals surface area contributed by atoms with Crippen molar-refractivity contribution in [3.8, 4) is 0 Å². The highest BCUT2D eigenvalue weighted by Gasteiger charge is 2.36.